The number of fused-ring (bicyclic) bond motifs is 2. The van der Waals surface area contributed by atoms with E-state index in [4.69, 9.17) is 0 Å². The molecule has 2 atom stereocenters. The number of rotatable bonds is 4. The second-order valence-corrected chi connectivity index (χ2v) is 8.54. The molecule has 0 bridgehead atoms. The van der Waals surface area contributed by atoms with Gasteiger partial charge in [0.15, 0.2) is 0 Å². The van der Waals surface area contributed by atoms with Crippen LogP contribution in [0.4, 0.5) is 4.39 Å². The van der Waals surface area contributed by atoms with Gasteiger partial charge in [0.25, 0.3) is 17.7 Å². The van der Waals surface area contributed by atoms with E-state index in [1.54, 1.807) is 19.1 Å². The predicted octanol–water partition coefficient (Wildman–Crippen LogP) is 3.71. The van der Waals surface area contributed by atoms with E-state index in [1.165, 1.54) is 23.1 Å². The molecule has 0 aliphatic carbocycles. The van der Waals surface area contributed by atoms with E-state index in [0.717, 1.165) is 28.1 Å². The number of nitrogens with zero attached hydrogens (tertiary/aromatic N) is 2. The fourth-order valence-corrected chi connectivity index (χ4v) is 4.70. The number of benzene rings is 3. The van der Waals surface area contributed by atoms with Crippen molar-refractivity contribution in [2.45, 2.75) is 19.0 Å². The third-order valence-corrected chi connectivity index (χ3v) is 6.40. The Hall–Kier alpha value is -4.46. The molecule has 3 aromatic carbocycles. The van der Waals surface area contributed by atoms with Crippen LogP contribution in [0.25, 0.3) is 10.9 Å². The van der Waals surface area contributed by atoms with Crippen LogP contribution in [-0.4, -0.2) is 33.2 Å². The van der Waals surface area contributed by atoms with Crippen molar-refractivity contribution in [3.63, 3.8) is 0 Å². The molecule has 1 aliphatic heterocycles. The number of halogens is 1. The first-order valence-corrected chi connectivity index (χ1v) is 11.2. The largest absolute Gasteiger partial charge is 0.350 e. The van der Waals surface area contributed by atoms with Crippen LogP contribution < -0.4 is 10.9 Å². The number of amides is 3. The van der Waals surface area contributed by atoms with E-state index >= 15 is 0 Å². The number of hydrogen-bond donors (Lipinski definition) is 2. The van der Waals surface area contributed by atoms with Gasteiger partial charge in [-0.25, -0.2) is 4.39 Å². The third-order valence-electron chi connectivity index (χ3n) is 6.40. The van der Waals surface area contributed by atoms with Gasteiger partial charge in [-0.2, -0.15) is 0 Å². The lowest BCUT2D eigenvalue weighted by atomic mass is 9.97. The zero-order valence-corrected chi connectivity index (χ0v) is 19.2. The predicted molar refractivity (Wildman–Crippen MR) is 129 cm³/mol. The second kappa shape index (κ2) is 8.72. The lowest BCUT2D eigenvalue weighted by Gasteiger charge is -2.30. The molecule has 1 aliphatic rings. The van der Waals surface area contributed by atoms with E-state index in [2.05, 4.69) is 10.9 Å². The number of hydrogen-bond acceptors (Lipinski definition) is 3. The molecule has 2 heterocycles. The standard InChI is InChI=1S/C27H23FN4O3/c1-16(25(33)29-30-26(34)17-8-7-9-18(28)14-17)32-24(20-11-3-4-12-21(20)27(32)35)22-15-31(2)23-13-6-5-10-19(22)23/h3-16,24H,1-2H3,(H,29,33)(H,30,34). The summed E-state index contributed by atoms with van der Waals surface area (Å²) in [6.45, 7) is 1.62. The Morgan fingerprint density at radius 2 is 1.69 bits per heavy atom. The summed E-state index contributed by atoms with van der Waals surface area (Å²) in [6.07, 6.45) is 1.98. The topological polar surface area (TPSA) is 83.4 Å². The quantitative estimate of drug-likeness (QED) is 0.446. The molecule has 3 amide bonds. The maximum atomic E-state index is 13.5. The van der Waals surface area contributed by atoms with Gasteiger partial charge in [0.2, 0.25) is 0 Å². The number of aromatic nitrogens is 1. The van der Waals surface area contributed by atoms with Gasteiger partial charge in [0.05, 0.1) is 6.04 Å². The van der Waals surface area contributed by atoms with Crippen molar-refractivity contribution in [2.75, 3.05) is 0 Å². The molecular formula is C27H23FN4O3. The SMILES string of the molecule is CC(C(=O)NNC(=O)c1cccc(F)c1)N1C(=O)c2ccccc2C1c1cn(C)c2ccccc12. The van der Waals surface area contributed by atoms with Gasteiger partial charge in [0, 0.05) is 40.8 Å². The number of hydrazine groups is 1. The van der Waals surface area contributed by atoms with Crippen molar-refractivity contribution in [1.82, 2.24) is 20.3 Å². The minimum atomic E-state index is -0.910. The number of nitrogens with one attached hydrogen (secondary N) is 2. The highest BCUT2D eigenvalue weighted by Gasteiger charge is 2.43. The summed E-state index contributed by atoms with van der Waals surface area (Å²) >= 11 is 0. The molecule has 4 aromatic rings. The summed E-state index contributed by atoms with van der Waals surface area (Å²) in [6, 6.07) is 19.0. The van der Waals surface area contributed by atoms with Gasteiger partial charge in [0.1, 0.15) is 11.9 Å². The van der Waals surface area contributed by atoms with Gasteiger partial charge < -0.3 is 9.47 Å². The molecule has 2 N–H and O–H groups in total. The lowest BCUT2D eigenvalue weighted by Crippen LogP contribution is -2.52. The maximum absolute atomic E-state index is 13.5. The minimum absolute atomic E-state index is 0.0660. The molecule has 1 aromatic heterocycles. The van der Waals surface area contributed by atoms with Crippen molar-refractivity contribution in [2.24, 2.45) is 7.05 Å². The van der Waals surface area contributed by atoms with Crippen LogP contribution in [0.2, 0.25) is 0 Å². The van der Waals surface area contributed by atoms with Gasteiger partial charge in [-0.1, -0.05) is 42.5 Å². The molecular weight excluding hydrogens is 447 g/mol. The van der Waals surface area contributed by atoms with E-state index in [0.29, 0.717) is 5.56 Å². The van der Waals surface area contributed by atoms with Crippen molar-refractivity contribution < 1.29 is 18.8 Å². The summed E-state index contributed by atoms with van der Waals surface area (Å²) in [5.41, 5.74) is 8.03. The Labute approximate surface area is 201 Å². The smallest absolute Gasteiger partial charge is 0.269 e. The van der Waals surface area contributed by atoms with Crippen molar-refractivity contribution in [3.05, 3.63) is 107 Å². The zero-order valence-electron chi connectivity index (χ0n) is 19.2. The van der Waals surface area contributed by atoms with Crippen LogP contribution in [0.5, 0.6) is 0 Å². The first kappa shape index (κ1) is 22.3. The Balaban J connectivity index is 1.46. The molecule has 5 rings (SSSR count). The van der Waals surface area contributed by atoms with Crippen LogP contribution in [0.3, 0.4) is 0 Å². The molecule has 2 unspecified atom stereocenters. The highest BCUT2D eigenvalue weighted by molar-refractivity contribution is 6.03. The number of aryl methyl sites for hydroxylation is 1. The highest BCUT2D eigenvalue weighted by atomic mass is 19.1. The fourth-order valence-electron chi connectivity index (χ4n) is 4.70. The van der Waals surface area contributed by atoms with E-state index in [1.807, 2.05) is 54.2 Å². The Kier molecular flexibility index (Phi) is 5.56. The monoisotopic (exact) mass is 470 g/mol. The van der Waals surface area contributed by atoms with Gasteiger partial charge in [-0.15, -0.1) is 0 Å². The Bertz CT molecular complexity index is 1480. The number of para-hydroxylation sites is 1. The average molecular weight is 471 g/mol. The van der Waals surface area contributed by atoms with Crippen molar-refractivity contribution in [3.8, 4) is 0 Å². The zero-order chi connectivity index (χ0) is 24.7. The average Bonchev–Trinajstić information content (AvgIpc) is 3.36. The number of carbonyl (C=O) groups excluding carboxylic acids is 3. The summed E-state index contributed by atoms with van der Waals surface area (Å²) in [4.78, 5) is 40.4. The van der Waals surface area contributed by atoms with E-state index in [-0.39, 0.29) is 11.5 Å². The molecule has 0 radical (unpaired) electrons. The summed E-state index contributed by atoms with van der Waals surface area (Å²) in [5, 5.41) is 0.988. The molecule has 0 fully saturated rings. The summed E-state index contributed by atoms with van der Waals surface area (Å²) < 4.78 is 15.4. The Morgan fingerprint density at radius 3 is 2.49 bits per heavy atom. The molecule has 35 heavy (non-hydrogen) atoms. The second-order valence-electron chi connectivity index (χ2n) is 8.54. The van der Waals surface area contributed by atoms with Gasteiger partial charge in [-0.05, 0) is 42.8 Å². The van der Waals surface area contributed by atoms with Crippen LogP contribution >= 0.6 is 0 Å². The van der Waals surface area contributed by atoms with Crippen LogP contribution in [0.15, 0.2) is 79.0 Å². The van der Waals surface area contributed by atoms with Crippen molar-refractivity contribution in [1.29, 1.82) is 0 Å². The van der Waals surface area contributed by atoms with E-state index in [9.17, 15) is 18.8 Å². The van der Waals surface area contributed by atoms with Crippen LogP contribution in [0.1, 0.15) is 44.8 Å². The van der Waals surface area contributed by atoms with Crippen LogP contribution in [-0.2, 0) is 11.8 Å². The molecule has 7 nitrogen and oxygen atoms in total. The number of carbonyl (C=O) groups is 3. The molecule has 8 heteroatoms. The molecule has 0 spiro atoms. The minimum Gasteiger partial charge on any atom is -0.350 e. The first-order chi connectivity index (χ1) is 16.9. The fraction of sp³-hybridized carbons (Fsp3) is 0.148. The van der Waals surface area contributed by atoms with Gasteiger partial charge >= 0.3 is 0 Å². The lowest BCUT2D eigenvalue weighted by molar-refractivity contribution is -0.126. The Morgan fingerprint density at radius 1 is 0.943 bits per heavy atom. The molecule has 0 saturated heterocycles. The summed E-state index contributed by atoms with van der Waals surface area (Å²) in [7, 11) is 1.94. The normalized spacial score (nSPS) is 15.7. The summed E-state index contributed by atoms with van der Waals surface area (Å²) in [5.74, 6) is -2.05. The van der Waals surface area contributed by atoms with Crippen molar-refractivity contribution >= 4 is 28.6 Å². The van der Waals surface area contributed by atoms with Crippen LogP contribution in [0, 0.1) is 5.82 Å². The highest BCUT2D eigenvalue weighted by Crippen LogP contribution is 2.42. The first-order valence-electron chi connectivity index (χ1n) is 11.2. The van der Waals surface area contributed by atoms with E-state index < -0.39 is 29.7 Å². The molecule has 0 saturated carbocycles. The third kappa shape index (κ3) is 3.82. The molecule has 176 valence electrons. The van der Waals surface area contributed by atoms with Gasteiger partial charge in [-0.3, -0.25) is 25.2 Å². The maximum Gasteiger partial charge on any atom is 0.269 e.